The maximum atomic E-state index is 5.35. The highest BCUT2D eigenvalue weighted by Crippen LogP contribution is 2.07. The molecule has 0 saturated carbocycles. The molecule has 0 radical (unpaired) electrons. The van der Waals surface area contributed by atoms with E-state index in [0.29, 0.717) is 0 Å². The van der Waals surface area contributed by atoms with E-state index in [2.05, 4.69) is 4.99 Å². The summed E-state index contributed by atoms with van der Waals surface area (Å²) in [6, 6.07) is 0. The molecule has 1 aliphatic heterocycles. The fraction of sp³-hybridized carbons (Fsp3) is 0.750. The van der Waals surface area contributed by atoms with Crippen molar-refractivity contribution in [2.75, 3.05) is 12.3 Å². The van der Waals surface area contributed by atoms with Crippen LogP contribution in [0, 0.1) is 0 Å². The third-order valence-electron chi connectivity index (χ3n) is 0.820. The van der Waals surface area contributed by atoms with Crippen LogP contribution in [-0.4, -0.2) is 17.5 Å². The van der Waals surface area contributed by atoms with Crippen molar-refractivity contribution in [2.24, 2.45) is 10.7 Å². The quantitative estimate of drug-likeness (QED) is 0.508. The fourth-order valence-corrected chi connectivity index (χ4v) is 1.14. The Morgan fingerprint density at radius 1 is 1.86 bits per heavy atom. The molecule has 0 unspecified atom stereocenters. The maximum Gasteiger partial charge on any atom is 0.153 e. The molecule has 0 saturated heterocycles. The second-order valence-corrected chi connectivity index (χ2v) is 2.54. The standard InChI is InChI=1S/C4H8N2S.H2/c5-4-6-2-1-3-7-4;/h1-3H2,(H2,5,6);1H. The molecular formula is C4H10N2S. The van der Waals surface area contributed by atoms with Crippen molar-refractivity contribution in [1.82, 2.24) is 0 Å². The van der Waals surface area contributed by atoms with E-state index in [1.807, 2.05) is 0 Å². The van der Waals surface area contributed by atoms with E-state index in [9.17, 15) is 0 Å². The summed E-state index contributed by atoms with van der Waals surface area (Å²) in [7, 11) is 0. The van der Waals surface area contributed by atoms with E-state index in [4.69, 9.17) is 5.73 Å². The molecule has 0 fully saturated rings. The number of hydrogen-bond donors (Lipinski definition) is 1. The average molecular weight is 118 g/mol. The first-order valence-electron chi connectivity index (χ1n) is 2.32. The Morgan fingerprint density at radius 3 is 3.00 bits per heavy atom. The normalized spacial score (nSPS) is 21.4. The summed E-state index contributed by atoms with van der Waals surface area (Å²) in [5, 5.41) is 0.756. The fourth-order valence-electron chi connectivity index (χ4n) is 0.476. The van der Waals surface area contributed by atoms with Crippen molar-refractivity contribution < 1.29 is 1.43 Å². The molecular weight excluding hydrogens is 108 g/mol. The van der Waals surface area contributed by atoms with Gasteiger partial charge in [-0.05, 0) is 6.42 Å². The van der Waals surface area contributed by atoms with Crippen LogP contribution in [0.2, 0.25) is 0 Å². The summed E-state index contributed by atoms with van der Waals surface area (Å²) in [5.41, 5.74) is 5.35. The van der Waals surface area contributed by atoms with Gasteiger partial charge in [0.1, 0.15) is 0 Å². The summed E-state index contributed by atoms with van der Waals surface area (Å²) in [6.45, 7) is 0.929. The average Bonchev–Trinajstić information content (AvgIpc) is 1.69. The number of rotatable bonds is 0. The zero-order valence-electron chi connectivity index (χ0n) is 4.05. The van der Waals surface area contributed by atoms with Gasteiger partial charge in [-0.2, -0.15) is 0 Å². The predicted molar refractivity (Wildman–Crippen MR) is 35.7 cm³/mol. The predicted octanol–water partition coefficient (Wildman–Crippen LogP) is 0.684. The third-order valence-corrected chi connectivity index (χ3v) is 1.74. The summed E-state index contributed by atoms with van der Waals surface area (Å²) >= 11 is 1.65. The molecule has 0 aromatic heterocycles. The van der Waals surface area contributed by atoms with Gasteiger partial charge in [0, 0.05) is 13.7 Å². The van der Waals surface area contributed by atoms with Crippen molar-refractivity contribution >= 4 is 16.9 Å². The van der Waals surface area contributed by atoms with Crippen LogP contribution < -0.4 is 5.73 Å². The van der Waals surface area contributed by atoms with Crippen LogP contribution in [0.5, 0.6) is 0 Å². The van der Waals surface area contributed by atoms with Gasteiger partial charge < -0.3 is 5.73 Å². The van der Waals surface area contributed by atoms with Crippen LogP contribution in [0.25, 0.3) is 0 Å². The van der Waals surface area contributed by atoms with E-state index < -0.39 is 0 Å². The van der Waals surface area contributed by atoms with E-state index in [1.54, 1.807) is 11.8 Å². The molecule has 7 heavy (non-hydrogen) atoms. The molecule has 0 spiro atoms. The van der Waals surface area contributed by atoms with E-state index in [0.717, 1.165) is 17.5 Å². The van der Waals surface area contributed by atoms with Crippen LogP contribution in [-0.2, 0) is 0 Å². The lowest BCUT2D eigenvalue weighted by molar-refractivity contribution is 0.936. The molecule has 1 heterocycles. The van der Waals surface area contributed by atoms with Crippen LogP contribution in [0.1, 0.15) is 7.85 Å². The van der Waals surface area contributed by atoms with Crippen LogP contribution in [0.4, 0.5) is 0 Å². The molecule has 0 aromatic carbocycles. The zero-order chi connectivity index (χ0) is 5.11. The van der Waals surface area contributed by atoms with Crippen LogP contribution >= 0.6 is 11.8 Å². The van der Waals surface area contributed by atoms with E-state index in [-0.39, 0.29) is 1.43 Å². The highest BCUT2D eigenvalue weighted by Gasteiger charge is 1.97. The maximum absolute atomic E-state index is 5.35. The van der Waals surface area contributed by atoms with Crippen molar-refractivity contribution in [2.45, 2.75) is 6.42 Å². The Bertz CT molecular complexity index is 94.0. The molecule has 0 bridgehead atoms. The van der Waals surface area contributed by atoms with Gasteiger partial charge in [-0.3, -0.25) is 4.99 Å². The van der Waals surface area contributed by atoms with Gasteiger partial charge in [-0.15, -0.1) is 0 Å². The first kappa shape index (κ1) is 4.97. The molecule has 2 N–H and O–H groups in total. The van der Waals surface area contributed by atoms with Gasteiger partial charge in [0.05, 0.1) is 0 Å². The summed E-state index contributed by atoms with van der Waals surface area (Å²) in [6.07, 6.45) is 1.19. The largest absolute Gasteiger partial charge is 0.379 e. The Labute approximate surface area is 48.7 Å². The lowest BCUT2D eigenvalue weighted by Gasteiger charge is -2.04. The highest BCUT2D eigenvalue weighted by atomic mass is 32.2. The number of nitrogens with zero attached hydrogens (tertiary/aromatic N) is 1. The first-order chi connectivity index (χ1) is 3.39. The van der Waals surface area contributed by atoms with E-state index in [1.165, 1.54) is 6.42 Å². The number of thioether (sulfide) groups is 1. The Morgan fingerprint density at radius 2 is 2.71 bits per heavy atom. The minimum atomic E-state index is 0. The minimum Gasteiger partial charge on any atom is -0.379 e. The second-order valence-electron chi connectivity index (χ2n) is 1.42. The van der Waals surface area contributed by atoms with Crippen molar-refractivity contribution in [3.05, 3.63) is 0 Å². The molecule has 0 aliphatic carbocycles. The molecule has 0 aromatic rings. The SMILES string of the molecule is NC1=NCCCS1.[HH]. The summed E-state index contributed by atoms with van der Waals surface area (Å²) in [5.74, 6) is 1.15. The molecule has 1 rings (SSSR count). The lowest BCUT2D eigenvalue weighted by atomic mass is 10.5. The lowest BCUT2D eigenvalue weighted by Crippen LogP contribution is -2.12. The molecule has 0 atom stereocenters. The molecule has 42 valence electrons. The smallest absolute Gasteiger partial charge is 0.153 e. The minimum absolute atomic E-state index is 0. The van der Waals surface area contributed by atoms with Gasteiger partial charge in [0.25, 0.3) is 0 Å². The monoisotopic (exact) mass is 118 g/mol. The molecule has 3 heteroatoms. The van der Waals surface area contributed by atoms with Gasteiger partial charge >= 0.3 is 0 Å². The Kier molecular flexibility index (Phi) is 1.57. The Balaban J connectivity index is 0.000000490. The van der Waals surface area contributed by atoms with Crippen molar-refractivity contribution in [3.8, 4) is 0 Å². The molecule has 1 aliphatic rings. The number of hydrogen-bond acceptors (Lipinski definition) is 3. The summed E-state index contributed by atoms with van der Waals surface area (Å²) < 4.78 is 0. The van der Waals surface area contributed by atoms with Gasteiger partial charge in [0.15, 0.2) is 5.17 Å². The van der Waals surface area contributed by atoms with Crippen molar-refractivity contribution in [3.63, 3.8) is 0 Å². The molecule has 2 nitrogen and oxygen atoms in total. The summed E-state index contributed by atoms with van der Waals surface area (Å²) in [4.78, 5) is 3.99. The van der Waals surface area contributed by atoms with Crippen LogP contribution in [0.15, 0.2) is 4.99 Å². The molecule has 0 amide bonds. The first-order valence-corrected chi connectivity index (χ1v) is 3.31. The Hall–Kier alpha value is -0.180. The third kappa shape index (κ3) is 1.39. The van der Waals surface area contributed by atoms with Crippen molar-refractivity contribution in [1.29, 1.82) is 0 Å². The second kappa shape index (κ2) is 2.21. The van der Waals surface area contributed by atoms with Gasteiger partial charge in [-0.1, -0.05) is 11.8 Å². The van der Waals surface area contributed by atoms with Gasteiger partial charge in [-0.25, -0.2) is 0 Å². The van der Waals surface area contributed by atoms with E-state index >= 15 is 0 Å². The zero-order valence-corrected chi connectivity index (χ0v) is 4.87. The van der Waals surface area contributed by atoms with Gasteiger partial charge in [0.2, 0.25) is 0 Å². The number of aliphatic imine (C=N–C) groups is 1. The highest BCUT2D eigenvalue weighted by molar-refractivity contribution is 8.13. The number of nitrogens with two attached hydrogens (primary N) is 1. The number of amidine groups is 1. The van der Waals surface area contributed by atoms with Crippen LogP contribution in [0.3, 0.4) is 0 Å². The topological polar surface area (TPSA) is 38.4 Å².